The Hall–Kier alpha value is -2.28. The lowest BCUT2D eigenvalue weighted by molar-refractivity contribution is -0.137. The van der Waals surface area contributed by atoms with E-state index in [0.717, 1.165) is 0 Å². The summed E-state index contributed by atoms with van der Waals surface area (Å²) in [7, 11) is 0. The predicted molar refractivity (Wildman–Crippen MR) is 72.0 cm³/mol. The second-order valence-corrected chi connectivity index (χ2v) is 4.67. The molecule has 0 aliphatic carbocycles. The van der Waals surface area contributed by atoms with E-state index in [-0.39, 0.29) is 23.1 Å². The van der Waals surface area contributed by atoms with Gasteiger partial charge in [-0.1, -0.05) is 29.8 Å². The smallest absolute Gasteiger partial charge is 0.417 e. The number of nitrogens with zero attached hydrogens (tertiary/aromatic N) is 1. The molecule has 2 rings (SSSR count). The van der Waals surface area contributed by atoms with Crippen LogP contribution in [0.3, 0.4) is 0 Å². The third-order valence-electron chi connectivity index (χ3n) is 2.75. The maximum absolute atomic E-state index is 12.5. The molecule has 116 valence electrons. The molecular formula is C14H9ClF3NO3. The number of aromatic nitrogens is 1. The highest BCUT2D eigenvalue weighted by Gasteiger charge is 2.31. The first kappa shape index (κ1) is 16.1. The lowest BCUT2D eigenvalue weighted by atomic mass is 10.1. The van der Waals surface area contributed by atoms with Crippen molar-refractivity contribution >= 4 is 17.6 Å². The fourth-order valence-corrected chi connectivity index (χ4v) is 1.91. The highest BCUT2D eigenvalue weighted by atomic mass is 35.5. The molecule has 0 saturated heterocycles. The van der Waals surface area contributed by atoms with Crippen LogP contribution in [0.5, 0.6) is 5.88 Å². The van der Waals surface area contributed by atoms with Gasteiger partial charge in [-0.2, -0.15) is 13.2 Å². The minimum absolute atomic E-state index is 0.0329. The third-order valence-corrected chi connectivity index (χ3v) is 3.02. The van der Waals surface area contributed by atoms with Crippen LogP contribution in [-0.2, 0) is 12.8 Å². The average molecular weight is 332 g/mol. The van der Waals surface area contributed by atoms with Gasteiger partial charge in [0.1, 0.15) is 11.6 Å². The summed E-state index contributed by atoms with van der Waals surface area (Å²) >= 11 is 5.70. The van der Waals surface area contributed by atoms with E-state index in [9.17, 15) is 18.0 Å². The van der Waals surface area contributed by atoms with E-state index in [1.165, 1.54) is 12.1 Å². The number of halogens is 4. The minimum Gasteiger partial charge on any atom is -0.478 e. The zero-order chi connectivity index (χ0) is 16.3. The monoisotopic (exact) mass is 331 g/mol. The number of carboxylic acids is 1. The molecule has 1 heterocycles. The van der Waals surface area contributed by atoms with Gasteiger partial charge >= 0.3 is 12.1 Å². The molecule has 0 spiro atoms. The first-order valence-corrected chi connectivity index (χ1v) is 6.33. The summed E-state index contributed by atoms with van der Waals surface area (Å²) in [5.41, 5.74) is -0.603. The Balaban J connectivity index is 2.18. The van der Waals surface area contributed by atoms with Crippen LogP contribution < -0.4 is 4.74 Å². The van der Waals surface area contributed by atoms with Gasteiger partial charge in [0.05, 0.1) is 11.1 Å². The Morgan fingerprint density at radius 1 is 1.32 bits per heavy atom. The van der Waals surface area contributed by atoms with Crippen LogP contribution in [-0.4, -0.2) is 16.1 Å². The summed E-state index contributed by atoms with van der Waals surface area (Å²) in [4.78, 5) is 14.5. The van der Waals surface area contributed by atoms with E-state index in [2.05, 4.69) is 4.98 Å². The van der Waals surface area contributed by atoms with Gasteiger partial charge in [0, 0.05) is 11.8 Å². The van der Waals surface area contributed by atoms with Crippen molar-refractivity contribution in [1.82, 2.24) is 4.98 Å². The minimum atomic E-state index is -4.55. The Morgan fingerprint density at radius 3 is 2.59 bits per heavy atom. The van der Waals surface area contributed by atoms with Crippen molar-refractivity contribution < 1.29 is 27.8 Å². The molecule has 0 aliphatic heterocycles. The van der Waals surface area contributed by atoms with Gasteiger partial charge in [-0.15, -0.1) is 0 Å². The number of hydrogen-bond acceptors (Lipinski definition) is 3. The summed E-state index contributed by atoms with van der Waals surface area (Å²) in [5, 5.41) is 8.72. The second kappa shape index (κ2) is 6.23. The maximum Gasteiger partial charge on any atom is 0.417 e. The number of hydrogen-bond donors (Lipinski definition) is 1. The fourth-order valence-electron chi connectivity index (χ4n) is 1.69. The molecule has 0 saturated carbocycles. The lowest BCUT2D eigenvalue weighted by Crippen LogP contribution is -2.08. The van der Waals surface area contributed by atoms with Gasteiger partial charge < -0.3 is 9.84 Å². The van der Waals surface area contributed by atoms with E-state index in [1.807, 2.05) is 0 Å². The SMILES string of the molecule is O=C(O)c1ccccc1COc1ncc(C(F)(F)F)cc1Cl. The maximum atomic E-state index is 12.5. The van der Waals surface area contributed by atoms with Gasteiger partial charge in [0.2, 0.25) is 5.88 Å². The summed E-state index contributed by atoms with van der Waals surface area (Å²) in [6.07, 6.45) is -3.95. The Kier molecular flexibility index (Phi) is 4.56. The van der Waals surface area contributed by atoms with E-state index in [0.29, 0.717) is 17.8 Å². The first-order valence-electron chi connectivity index (χ1n) is 5.96. The van der Waals surface area contributed by atoms with Gasteiger partial charge in [-0.25, -0.2) is 9.78 Å². The van der Waals surface area contributed by atoms with Crippen LogP contribution in [0, 0.1) is 0 Å². The van der Waals surface area contributed by atoms with Crippen LogP contribution in [0.15, 0.2) is 36.5 Å². The second-order valence-electron chi connectivity index (χ2n) is 4.26. The first-order chi connectivity index (χ1) is 10.3. The van der Waals surface area contributed by atoms with Crippen LogP contribution in [0.4, 0.5) is 13.2 Å². The van der Waals surface area contributed by atoms with E-state index in [1.54, 1.807) is 12.1 Å². The van der Waals surface area contributed by atoms with Crippen molar-refractivity contribution in [1.29, 1.82) is 0 Å². The van der Waals surface area contributed by atoms with Crippen LogP contribution in [0.1, 0.15) is 21.5 Å². The van der Waals surface area contributed by atoms with Gasteiger partial charge in [-0.05, 0) is 12.1 Å². The number of pyridine rings is 1. The van der Waals surface area contributed by atoms with Crippen LogP contribution >= 0.6 is 11.6 Å². The largest absolute Gasteiger partial charge is 0.478 e. The summed E-state index contributed by atoms with van der Waals surface area (Å²) in [6.45, 7) is -0.180. The predicted octanol–water partition coefficient (Wildman–Crippen LogP) is 4.03. The lowest BCUT2D eigenvalue weighted by Gasteiger charge is -2.11. The highest BCUT2D eigenvalue weighted by molar-refractivity contribution is 6.31. The number of ether oxygens (including phenoxy) is 1. The third kappa shape index (κ3) is 3.67. The molecule has 22 heavy (non-hydrogen) atoms. The van der Waals surface area contributed by atoms with Crippen molar-refractivity contribution in [2.45, 2.75) is 12.8 Å². The van der Waals surface area contributed by atoms with Crippen molar-refractivity contribution in [3.8, 4) is 5.88 Å². The molecule has 0 fully saturated rings. The fraction of sp³-hybridized carbons (Fsp3) is 0.143. The Bertz CT molecular complexity index is 704. The summed E-state index contributed by atoms with van der Waals surface area (Å²) in [5.74, 6) is -1.33. The van der Waals surface area contributed by atoms with Gasteiger partial charge in [0.15, 0.2) is 0 Å². The zero-order valence-electron chi connectivity index (χ0n) is 10.9. The molecule has 0 atom stereocenters. The Morgan fingerprint density at radius 2 is 2.00 bits per heavy atom. The molecule has 0 bridgehead atoms. The molecule has 4 nitrogen and oxygen atoms in total. The molecule has 1 aromatic carbocycles. The molecule has 0 unspecified atom stereocenters. The van der Waals surface area contributed by atoms with E-state index >= 15 is 0 Å². The topological polar surface area (TPSA) is 59.4 Å². The standard InChI is InChI=1S/C14H9ClF3NO3/c15-11-5-9(14(16,17)18)6-19-12(11)22-7-8-3-1-2-4-10(8)13(20)21/h1-6H,7H2,(H,20,21). The van der Waals surface area contributed by atoms with Crippen molar-refractivity contribution in [3.63, 3.8) is 0 Å². The number of alkyl halides is 3. The van der Waals surface area contributed by atoms with Gasteiger partial charge in [0.25, 0.3) is 0 Å². The quantitative estimate of drug-likeness (QED) is 0.919. The van der Waals surface area contributed by atoms with E-state index in [4.69, 9.17) is 21.4 Å². The van der Waals surface area contributed by atoms with E-state index < -0.39 is 17.7 Å². The van der Waals surface area contributed by atoms with Crippen molar-refractivity contribution in [3.05, 3.63) is 58.2 Å². The highest BCUT2D eigenvalue weighted by Crippen LogP contribution is 2.33. The molecule has 2 aromatic rings. The summed E-state index contributed by atoms with van der Waals surface area (Å²) in [6, 6.07) is 6.79. The number of carbonyl (C=O) groups is 1. The summed E-state index contributed by atoms with van der Waals surface area (Å²) < 4.78 is 42.7. The molecule has 0 radical (unpaired) electrons. The number of rotatable bonds is 4. The van der Waals surface area contributed by atoms with Crippen LogP contribution in [0.25, 0.3) is 0 Å². The van der Waals surface area contributed by atoms with Gasteiger partial charge in [-0.3, -0.25) is 0 Å². The number of benzene rings is 1. The normalized spacial score (nSPS) is 11.3. The molecule has 0 amide bonds. The molecule has 8 heteroatoms. The molecule has 1 aromatic heterocycles. The van der Waals surface area contributed by atoms with Crippen molar-refractivity contribution in [2.24, 2.45) is 0 Å². The Labute approximate surface area is 128 Å². The molecular weight excluding hydrogens is 323 g/mol. The zero-order valence-corrected chi connectivity index (χ0v) is 11.6. The van der Waals surface area contributed by atoms with Crippen LogP contribution in [0.2, 0.25) is 5.02 Å². The average Bonchev–Trinajstić information content (AvgIpc) is 2.45. The molecule has 1 N–H and O–H groups in total. The molecule has 0 aliphatic rings. The number of aromatic carboxylic acids is 1. The number of carboxylic acid groups (broad SMARTS) is 1. The van der Waals surface area contributed by atoms with Crippen molar-refractivity contribution in [2.75, 3.05) is 0 Å².